The fourth-order valence-corrected chi connectivity index (χ4v) is 11.8. The van der Waals surface area contributed by atoms with Crippen LogP contribution >= 0.6 is 7.92 Å². The van der Waals surface area contributed by atoms with Gasteiger partial charge in [0.05, 0.1) is 0 Å². The summed E-state index contributed by atoms with van der Waals surface area (Å²) in [4.78, 5) is 0. The quantitative estimate of drug-likeness (QED) is 0.0935. The van der Waals surface area contributed by atoms with Crippen molar-refractivity contribution in [3.05, 3.63) is 199 Å². The summed E-state index contributed by atoms with van der Waals surface area (Å²) in [7, 11) is -0.709. The molecule has 0 atom stereocenters. The molecule has 0 heterocycles. The molecule has 0 saturated heterocycles. The molecule has 0 unspecified atom stereocenters. The van der Waals surface area contributed by atoms with Crippen molar-refractivity contribution in [2.75, 3.05) is 0 Å². The van der Waals surface area contributed by atoms with E-state index in [4.69, 9.17) is 0 Å². The second kappa shape index (κ2) is 13.0. The Morgan fingerprint density at radius 1 is 0.395 bits per heavy atom. The molecule has 0 nitrogen and oxygen atoms in total. The van der Waals surface area contributed by atoms with E-state index in [1.165, 1.54) is 52.2 Å². The maximum atomic E-state index is 2.39. The van der Waals surface area contributed by atoms with Gasteiger partial charge in [0.1, 0.15) is 0 Å². The predicted molar refractivity (Wildman–Crippen MR) is 188 cm³/mol. The Morgan fingerprint density at radius 2 is 0.860 bits per heavy atom. The van der Waals surface area contributed by atoms with E-state index in [1.807, 2.05) is 0 Å². The number of benzene rings is 7. The zero-order valence-electron chi connectivity index (χ0n) is 23.8. The number of fused-ring (bicyclic) bond motifs is 1. The fourth-order valence-electron chi connectivity index (χ4n) is 6.04. The summed E-state index contributed by atoms with van der Waals surface area (Å²) in [5, 5.41) is 7.00. The van der Waals surface area contributed by atoms with Crippen LogP contribution in [0.25, 0.3) is 10.8 Å². The van der Waals surface area contributed by atoms with Crippen molar-refractivity contribution in [1.82, 2.24) is 0 Å². The molecule has 7 rings (SSSR count). The van der Waals surface area contributed by atoms with Gasteiger partial charge in [-0.25, -0.2) is 0 Å². The van der Waals surface area contributed by atoms with Gasteiger partial charge >= 0.3 is 263 Å². The molecule has 2 radical (unpaired) electrons. The molecule has 0 spiro atoms. The molecule has 0 aromatic heterocycles. The van der Waals surface area contributed by atoms with Crippen LogP contribution in [0.1, 0.15) is 22.6 Å². The molecular weight excluding hydrogens is 596 g/mol. The summed E-state index contributed by atoms with van der Waals surface area (Å²) in [5.74, 6) is 0.197. The predicted octanol–water partition coefficient (Wildman–Crippen LogP) is 7.43. The van der Waals surface area contributed by atoms with Crippen molar-refractivity contribution in [3.8, 4) is 0 Å². The molecule has 2 heteroatoms. The van der Waals surface area contributed by atoms with Gasteiger partial charge in [-0.1, -0.05) is 0 Å². The van der Waals surface area contributed by atoms with Gasteiger partial charge < -0.3 is 0 Å². The minimum absolute atomic E-state index is 0.197. The van der Waals surface area contributed by atoms with Crippen LogP contribution in [0.5, 0.6) is 0 Å². The molecule has 0 fully saturated rings. The molecule has 0 N–H and O–H groups in total. The third-order valence-electron chi connectivity index (χ3n) is 7.96. The Balaban J connectivity index is 1.40. The molecule has 0 amide bonds. The summed E-state index contributed by atoms with van der Waals surface area (Å²) in [6.45, 7) is 0. The van der Waals surface area contributed by atoms with Crippen LogP contribution in [0.3, 0.4) is 0 Å². The first-order valence-electron chi connectivity index (χ1n) is 14.7. The van der Waals surface area contributed by atoms with E-state index < -0.39 is 23.4 Å². The third-order valence-corrected chi connectivity index (χ3v) is 13.4. The minimum atomic E-state index is -0.709. The van der Waals surface area contributed by atoms with Gasteiger partial charge in [-0.15, -0.1) is 0 Å². The molecule has 7 aromatic carbocycles. The van der Waals surface area contributed by atoms with Crippen molar-refractivity contribution in [2.24, 2.45) is 0 Å². The monoisotopic (exact) mass is 628 g/mol. The van der Waals surface area contributed by atoms with Crippen LogP contribution in [0, 0.1) is 0 Å². The SMILES string of the molecule is c1ccc(C(c2ccccc2)c2cccc[c]2[Ge][c]2cccc3cccc(P(c4ccccc4)c4ccccc4)c23)cc1. The second-order valence-electron chi connectivity index (χ2n) is 10.7. The standard InChI is InChI=1S/C41H31GeP/c1-5-17-31(18-6-1)40(32-19-7-2-8-20-32)36-27-13-14-28-37(36)42-38-29-15-21-33-22-16-30-39(41(33)38)43(34-23-9-3-10-24-34)35-25-11-4-12-26-35/h1-30,40H. The van der Waals surface area contributed by atoms with E-state index in [1.54, 1.807) is 0 Å². The molecule has 43 heavy (non-hydrogen) atoms. The van der Waals surface area contributed by atoms with Crippen molar-refractivity contribution in [2.45, 2.75) is 5.92 Å². The van der Waals surface area contributed by atoms with E-state index >= 15 is 0 Å². The van der Waals surface area contributed by atoms with E-state index in [9.17, 15) is 0 Å². The Morgan fingerprint density at radius 3 is 1.44 bits per heavy atom. The number of hydrogen-bond acceptors (Lipinski definition) is 0. The first kappa shape index (κ1) is 27.6. The van der Waals surface area contributed by atoms with Gasteiger partial charge in [-0.05, 0) is 0 Å². The third kappa shape index (κ3) is 5.87. The molecular formula is C41H31GeP. The molecule has 204 valence electrons. The molecule has 0 saturated carbocycles. The Kier molecular flexibility index (Phi) is 8.32. The first-order valence-corrected chi connectivity index (χ1v) is 18.2. The van der Waals surface area contributed by atoms with E-state index in [0.717, 1.165) is 0 Å². The molecule has 0 bridgehead atoms. The van der Waals surface area contributed by atoms with Crippen LogP contribution in [0.2, 0.25) is 0 Å². The average molecular weight is 627 g/mol. The molecule has 0 aliphatic rings. The van der Waals surface area contributed by atoms with Crippen molar-refractivity contribution in [3.63, 3.8) is 0 Å². The number of hydrogen-bond donors (Lipinski definition) is 0. The summed E-state index contributed by atoms with van der Waals surface area (Å²) >= 11 is -0.669. The molecule has 0 aliphatic carbocycles. The van der Waals surface area contributed by atoms with Gasteiger partial charge in [0.25, 0.3) is 0 Å². The normalized spacial score (nSPS) is 11.3. The topological polar surface area (TPSA) is 0 Å². The Labute approximate surface area is 262 Å². The van der Waals surface area contributed by atoms with Gasteiger partial charge in [-0.2, -0.15) is 0 Å². The summed E-state index contributed by atoms with van der Waals surface area (Å²) in [6, 6.07) is 67.2. The fraction of sp³-hybridized carbons (Fsp3) is 0.0244. The maximum absolute atomic E-state index is 2.39. The first-order chi connectivity index (χ1) is 21.4. The summed E-state index contributed by atoms with van der Waals surface area (Å²) in [5.41, 5.74) is 4.09. The summed E-state index contributed by atoms with van der Waals surface area (Å²) < 4.78 is 2.99. The zero-order valence-corrected chi connectivity index (χ0v) is 26.8. The van der Waals surface area contributed by atoms with Crippen LogP contribution in [-0.4, -0.2) is 15.4 Å². The summed E-state index contributed by atoms with van der Waals surface area (Å²) in [6.07, 6.45) is 0. The molecule has 0 aliphatic heterocycles. The van der Waals surface area contributed by atoms with Crippen LogP contribution in [0.4, 0.5) is 0 Å². The van der Waals surface area contributed by atoms with Crippen molar-refractivity contribution >= 4 is 58.8 Å². The van der Waals surface area contributed by atoms with E-state index in [2.05, 4.69) is 182 Å². The van der Waals surface area contributed by atoms with E-state index in [-0.39, 0.29) is 5.92 Å². The second-order valence-corrected chi connectivity index (χ2v) is 15.6. The van der Waals surface area contributed by atoms with Crippen molar-refractivity contribution in [1.29, 1.82) is 0 Å². The Hall–Kier alpha value is -4.23. The van der Waals surface area contributed by atoms with Crippen LogP contribution < -0.4 is 24.7 Å². The average Bonchev–Trinajstić information content (AvgIpc) is 3.08. The zero-order chi connectivity index (χ0) is 28.8. The number of rotatable bonds is 8. The molecule has 7 aromatic rings. The van der Waals surface area contributed by atoms with Gasteiger partial charge in [0.15, 0.2) is 0 Å². The van der Waals surface area contributed by atoms with E-state index in [0.29, 0.717) is 0 Å². The van der Waals surface area contributed by atoms with Gasteiger partial charge in [0, 0.05) is 0 Å². The van der Waals surface area contributed by atoms with Gasteiger partial charge in [0.2, 0.25) is 0 Å². The van der Waals surface area contributed by atoms with Gasteiger partial charge in [-0.3, -0.25) is 0 Å². The van der Waals surface area contributed by atoms with Crippen LogP contribution in [0.15, 0.2) is 182 Å². The Bertz CT molecular complexity index is 1850. The van der Waals surface area contributed by atoms with Crippen LogP contribution in [-0.2, 0) is 0 Å². The van der Waals surface area contributed by atoms with Crippen molar-refractivity contribution < 1.29 is 0 Å².